The van der Waals surface area contributed by atoms with Crippen molar-refractivity contribution in [3.8, 4) is 5.75 Å². The van der Waals surface area contributed by atoms with E-state index in [2.05, 4.69) is 0 Å². The van der Waals surface area contributed by atoms with Crippen molar-refractivity contribution in [3.05, 3.63) is 29.8 Å². The SMILES string of the molecule is CCN1C(=O)[C@H]2[C@@H](C1=O)[C@]1(C)C(=O)CC3CCCCC3C(=O)C1[C@@H]2c1ccc(OC)cc1. The van der Waals surface area contributed by atoms with Crippen LogP contribution in [0.2, 0.25) is 0 Å². The third-order valence-corrected chi connectivity index (χ3v) is 8.93. The first-order valence-corrected chi connectivity index (χ1v) is 11.9. The van der Waals surface area contributed by atoms with E-state index in [9.17, 15) is 19.2 Å². The Hall–Kier alpha value is -2.50. The van der Waals surface area contributed by atoms with Crippen LogP contribution in [0.25, 0.3) is 0 Å². The summed E-state index contributed by atoms with van der Waals surface area (Å²) in [5.74, 6) is -2.36. The van der Waals surface area contributed by atoms with Crippen LogP contribution in [-0.4, -0.2) is 41.9 Å². The van der Waals surface area contributed by atoms with Crippen molar-refractivity contribution in [2.24, 2.45) is 35.0 Å². The maximum absolute atomic E-state index is 14.1. The third kappa shape index (κ3) is 2.70. The minimum atomic E-state index is -1.14. The number of methoxy groups -OCH3 is 1. The van der Waals surface area contributed by atoms with Crippen molar-refractivity contribution in [3.63, 3.8) is 0 Å². The number of nitrogens with zero attached hydrogens (tertiary/aromatic N) is 1. The van der Waals surface area contributed by atoms with Crippen LogP contribution in [0.5, 0.6) is 5.75 Å². The Morgan fingerprint density at radius 1 is 0.969 bits per heavy atom. The molecule has 5 rings (SSSR count). The molecule has 0 radical (unpaired) electrons. The average Bonchev–Trinajstić information content (AvgIpc) is 3.20. The van der Waals surface area contributed by atoms with Gasteiger partial charge >= 0.3 is 0 Å². The first-order chi connectivity index (χ1) is 15.3. The van der Waals surface area contributed by atoms with Gasteiger partial charge in [0.1, 0.15) is 17.3 Å². The fourth-order valence-corrected chi connectivity index (χ4v) is 7.39. The zero-order valence-corrected chi connectivity index (χ0v) is 19.0. The lowest BCUT2D eigenvalue weighted by Gasteiger charge is -2.35. The Balaban J connectivity index is 1.70. The highest BCUT2D eigenvalue weighted by Gasteiger charge is 2.72. The molecule has 0 bridgehead atoms. The van der Waals surface area contributed by atoms with E-state index in [0.29, 0.717) is 12.2 Å². The normalized spacial score (nSPS) is 38.9. The van der Waals surface area contributed by atoms with Gasteiger partial charge < -0.3 is 4.74 Å². The molecule has 0 spiro atoms. The number of Topliss-reactive ketones (excluding diaryl/α,β-unsaturated/α-hetero) is 2. The van der Waals surface area contributed by atoms with E-state index in [4.69, 9.17) is 4.74 Å². The van der Waals surface area contributed by atoms with Crippen molar-refractivity contribution in [2.45, 2.75) is 51.9 Å². The highest BCUT2D eigenvalue weighted by atomic mass is 16.5. The third-order valence-electron chi connectivity index (χ3n) is 8.93. The van der Waals surface area contributed by atoms with E-state index in [-0.39, 0.29) is 41.8 Å². The van der Waals surface area contributed by atoms with Gasteiger partial charge in [-0.2, -0.15) is 0 Å². The van der Waals surface area contributed by atoms with E-state index in [1.807, 2.05) is 24.3 Å². The molecular formula is C26H31NO5. The number of ketones is 2. The maximum Gasteiger partial charge on any atom is 0.234 e. The molecule has 0 aromatic heterocycles. The summed E-state index contributed by atoms with van der Waals surface area (Å²) in [6, 6.07) is 7.43. The second-order valence-electron chi connectivity index (χ2n) is 10.2. The van der Waals surface area contributed by atoms with Crippen LogP contribution < -0.4 is 4.74 Å². The molecule has 3 saturated carbocycles. The van der Waals surface area contributed by atoms with Crippen LogP contribution in [0.4, 0.5) is 0 Å². The number of fused-ring (bicyclic) bond motifs is 4. The number of imide groups is 1. The van der Waals surface area contributed by atoms with Gasteiger partial charge in [-0.1, -0.05) is 31.9 Å². The van der Waals surface area contributed by atoms with Gasteiger partial charge in [-0.15, -0.1) is 0 Å². The molecule has 170 valence electrons. The number of hydrogen-bond donors (Lipinski definition) is 0. The van der Waals surface area contributed by atoms with E-state index in [0.717, 1.165) is 31.2 Å². The van der Waals surface area contributed by atoms with Crippen LogP contribution in [-0.2, 0) is 19.2 Å². The molecular weight excluding hydrogens is 406 g/mol. The van der Waals surface area contributed by atoms with Gasteiger partial charge in [-0.3, -0.25) is 24.1 Å². The van der Waals surface area contributed by atoms with Crippen LogP contribution in [0.15, 0.2) is 24.3 Å². The largest absolute Gasteiger partial charge is 0.497 e. The number of amides is 2. The van der Waals surface area contributed by atoms with Crippen LogP contribution in [0.1, 0.15) is 57.4 Å². The van der Waals surface area contributed by atoms with Crippen LogP contribution >= 0.6 is 0 Å². The standard InChI is InChI=1S/C26H31NO5/c1-4-27-24(30)20-19(14-9-11-16(32-3)12-10-14)21-23(29)17-8-6-5-7-15(17)13-18(28)26(21,2)22(20)25(27)31/h9-12,15,17,19-22H,4-8,13H2,1-3H3/t15?,17?,19-,20-,21?,22+,26-/m1/s1. The zero-order chi connectivity index (χ0) is 22.8. The quantitative estimate of drug-likeness (QED) is 0.677. The highest BCUT2D eigenvalue weighted by Crippen LogP contribution is 2.65. The smallest absolute Gasteiger partial charge is 0.234 e. The molecule has 1 saturated heterocycles. The Kier molecular flexibility index (Phi) is 5.02. The molecule has 0 N–H and O–H groups in total. The maximum atomic E-state index is 14.1. The molecule has 1 aromatic carbocycles. The molecule has 32 heavy (non-hydrogen) atoms. The van der Waals surface area contributed by atoms with Crippen molar-refractivity contribution in [2.75, 3.05) is 13.7 Å². The van der Waals surface area contributed by atoms with E-state index < -0.39 is 29.1 Å². The van der Waals surface area contributed by atoms with E-state index in [1.54, 1.807) is 21.0 Å². The van der Waals surface area contributed by atoms with Crippen LogP contribution in [0.3, 0.4) is 0 Å². The first-order valence-electron chi connectivity index (χ1n) is 11.9. The number of rotatable bonds is 3. The summed E-state index contributed by atoms with van der Waals surface area (Å²) in [5, 5.41) is 0. The minimum Gasteiger partial charge on any atom is -0.497 e. The summed E-state index contributed by atoms with van der Waals surface area (Å²) in [5.41, 5.74) is -0.301. The number of carbonyl (C=O) groups excluding carboxylic acids is 4. The molecule has 6 heteroatoms. The van der Waals surface area contributed by atoms with Gasteiger partial charge in [0, 0.05) is 36.1 Å². The summed E-state index contributed by atoms with van der Waals surface area (Å²) < 4.78 is 5.30. The predicted octanol–water partition coefficient (Wildman–Crippen LogP) is 3.38. The number of carbonyl (C=O) groups is 4. The summed E-state index contributed by atoms with van der Waals surface area (Å²) in [7, 11) is 1.59. The Bertz CT molecular complexity index is 984. The summed E-state index contributed by atoms with van der Waals surface area (Å²) in [4.78, 5) is 56.2. The molecule has 4 fully saturated rings. The van der Waals surface area contributed by atoms with Gasteiger partial charge in [-0.05, 0) is 43.4 Å². The molecule has 7 atom stereocenters. The molecule has 3 aliphatic carbocycles. The van der Waals surface area contributed by atoms with Gasteiger partial charge in [0.05, 0.1) is 18.9 Å². The molecule has 6 nitrogen and oxygen atoms in total. The van der Waals surface area contributed by atoms with Gasteiger partial charge in [0.2, 0.25) is 11.8 Å². The second-order valence-corrected chi connectivity index (χ2v) is 10.2. The Morgan fingerprint density at radius 2 is 1.66 bits per heavy atom. The molecule has 1 aromatic rings. The summed E-state index contributed by atoms with van der Waals surface area (Å²) >= 11 is 0. The van der Waals surface area contributed by atoms with Crippen LogP contribution in [0, 0.1) is 35.0 Å². The van der Waals surface area contributed by atoms with Gasteiger partial charge in [0.15, 0.2) is 0 Å². The van der Waals surface area contributed by atoms with Crippen molar-refractivity contribution < 1.29 is 23.9 Å². The summed E-state index contributed by atoms with van der Waals surface area (Å²) in [6.07, 6.45) is 4.07. The minimum absolute atomic E-state index is 0.00429. The van der Waals surface area contributed by atoms with Crippen molar-refractivity contribution in [1.82, 2.24) is 4.90 Å². The lowest BCUT2D eigenvalue weighted by molar-refractivity contribution is -0.147. The molecule has 1 aliphatic heterocycles. The van der Waals surface area contributed by atoms with E-state index in [1.165, 1.54) is 4.90 Å². The number of likely N-dealkylation sites (tertiary alicyclic amines) is 1. The second kappa shape index (κ2) is 7.53. The van der Waals surface area contributed by atoms with Crippen molar-refractivity contribution >= 4 is 23.4 Å². The number of benzene rings is 1. The molecule has 3 unspecified atom stereocenters. The highest BCUT2D eigenvalue weighted by molar-refractivity contribution is 6.12. The molecule has 2 amide bonds. The lowest BCUT2D eigenvalue weighted by Crippen LogP contribution is -2.46. The van der Waals surface area contributed by atoms with Crippen molar-refractivity contribution in [1.29, 1.82) is 0 Å². The Labute approximate surface area is 188 Å². The lowest BCUT2D eigenvalue weighted by atomic mass is 9.66. The zero-order valence-electron chi connectivity index (χ0n) is 19.0. The summed E-state index contributed by atoms with van der Waals surface area (Å²) in [6.45, 7) is 3.88. The first kappa shape index (κ1) is 21.4. The fourth-order valence-electron chi connectivity index (χ4n) is 7.39. The number of ether oxygens (including phenoxy) is 1. The Morgan fingerprint density at radius 3 is 2.31 bits per heavy atom. The average molecular weight is 438 g/mol. The monoisotopic (exact) mass is 437 g/mol. The van der Waals surface area contributed by atoms with Gasteiger partial charge in [-0.25, -0.2) is 0 Å². The van der Waals surface area contributed by atoms with Gasteiger partial charge in [0.25, 0.3) is 0 Å². The molecule has 4 aliphatic rings. The fraction of sp³-hybridized carbons (Fsp3) is 0.615. The number of hydrogen-bond acceptors (Lipinski definition) is 5. The van der Waals surface area contributed by atoms with E-state index >= 15 is 0 Å². The topological polar surface area (TPSA) is 80.8 Å². The molecule has 1 heterocycles. The predicted molar refractivity (Wildman–Crippen MR) is 117 cm³/mol.